The third-order valence-electron chi connectivity index (χ3n) is 5.45. The van der Waals surface area contributed by atoms with Crippen LogP contribution in [-0.4, -0.2) is 22.6 Å². The Morgan fingerprint density at radius 1 is 1.09 bits per heavy atom. The molecule has 2 bridgehead atoms. The van der Waals surface area contributed by atoms with E-state index in [0.717, 1.165) is 26.2 Å². The van der Waals surface area contributed by atoms with Crippen molar-refractivity contribution in [2.75, 3.05) is 13.1 Å². The Morgan fingerprint density at radius 2 is 1.96 bits per heavy atom. The Labute approximate surface area is 137 Å². The van der Waals surface area contributed by atoms with Gasteiger partial charge in [-0.05, 0) is 43.4 Å². The molecule has 2 unspecified atom stereocenters. The van der Waals surface area contributed by atoms with E-state index in [2.05, 4.69) is 43.0 Å². The number of hydrogen-bond donors (Lipinski definition) is 0. The topological polar surface area (TPSA) is 25.2 Å². The minimum Gasteiger partial charge on any atom is -0.312 e. The summed E-state index contributed by atoms with van der Waals surface area (Å²) in [4.78, 5) is 14.7. The molecule has 120 valence electrons. The monoisotopic (exact) mass is 308 g/mol. The Hall–Kier alpha value is -1.87. The van der Waals surface area contributed by atoms with E-state index in [0.29, 0.717) is 11.8 Å². The lowest BCUT2D eigenvalue weighted by Gasteiger charge is -2.43. The number of aromatic nitrogens is 1. The highest BCUT2D eigenvalue weighted by Crippen LogP contribution is 2.35. The molecular weight excluding hydrogens is 284 g/mol. The quantitative estimate of drug-likeness (QED) is 0.852. The number of fused-ring (bicyclic) bond motifs is 4. The number of rotatable bonds is 2. The molecule has 0 N–H and O–H groups in total. The third-order valence-corrected chi connectivity index (χ3v) is 5.45. The van der Waals surface area contributed by atoms with Crippen molar-refractivity contribution in [3.05, 3.63) is 69.1 Å². The maximum atomic E-state index is 12.1. The van der Waals surface area contributed by atoms with Gasteiger partial charge in [-0.25, -0.2) is 0 Å². The molecule has 0 saturated carbocycles. The summed E-state index contributed by atoms with van der Waals surface area (Å²) in [6.07, 6.45) is 1.23. The number of nitrogens with zero attached hydrogens (tertiary/aromatic N) is 2. The first-order valence-electron chi connectivity index (χ1n) is 8.58. The standard InChI is InChI=1S/C20H24N2O/c1-14-6-7-15(2)17(8-14)12-21-10-16-9-18(13-21)19-4-3-5-20(23)22(19)11-16/h3-8,16,18H,9-13H2,1-2H3. The van der Waals surface area contributed by atoms with Gasteiger partial charge >= 0.3 is 0 Å². The molecule has 2 aliphatic rings. The molecule has 0 radical (unpaired) electrons. The summed E-state index contributed by atoms with van der Waals surface area (Å²) in [7, 11) is 0. The predicted octanol–water partition coefficient (Wildman–Crippen LogP) is 3.08. The first-order chi connectivity index (χ1) is 11.1. The highest BCUT2D eigenvalue weighted by molar-refractivity contribution is 5.30. The number of likely N-dealkylation sites (tertiary alicyclic amines) is 1. The van der Waals surface area contributed by atoms with Crippen LogP contribution in [0.5, 0.6) is 0 Å². The second-order valence-electron chi connectivity index (χ2n) is 7.32. The summed E-state index contributed by atoms with van der Waals surface area (Å²) in [6, 6.07) is 12.5. The van der Waals surface area contributed by atoms with E-state index in [1.807, 2.05) is 10.6 Å². The average Bonchev–Trinajstić information content (AvgIpc) is 2.52. The lowest BCUT2D eigenvalue weighted by Crippen LogP contribution is -2.46. The van der Waals surface area contributed by atoms with Crippen molar-refractivity contribution in [3.63, 3.8) is 0 Å². The molecular formula is C20H24N2O. The molecule has 23 heavy (non-hydrogen) atoms. The van der Waals surface area contributed by atoms with Gasteiger partial charge in [0, 0.05) is 43.9 Å². The summed E-state index contributed by atoms with van der Waals surface area (Å²) in [5.74, 6) is 1.10. The molecule has 4 rings (SSSR count). The van der Waals surface area contributed by atoms with Gasteiger partial charge in [0.15, 0.2) is 0 Å². The van der Waals surface area contributed by atoms with Crippen molar-refractivity contribution in [2.24, 2.45) is 5.92 Å². The molecule has 3 heterocycles. The summed E-state index contributed by atoms with van der Waals surface area (Å²) in [6.45, 7) is 8.44. The van der Waals surface area contributed by atoms with Crippen molar-refractivity contribution < 1.29 is 0 Å². The van der Waals surface area contributed by atoms with E-state index in [9.17, 15) is 4.79 Å². The zero-order chi connectivity index (χ0) is 16.0. The highest BCUT2D eigenvalue weighted by atomic mass is 16.1. The van der Waals surface area contributed by atoms with Crippen LogP contribution < -0.4 is 5.56 Å². The maximum Gasteiger partial charge on any atom is 0.250 e. The van der Waals surface area contributed by atoms with Gasteiger partial charge in [0.25, 0.3) is 5.56 Å². The summed E-state index contributed by atoms with van der Waals surface area (Å²) in [5, 5.41) is 0. The van der Waals surface area contributed by atoms with E-state index in [-0.39, 0.29) is 5.56 Å². The van der Waals surface area contributed by atoms with Crippen LogP contribution >= 0.6 is 0 Å². The van der Waals surface area contributed by atoms with Crippen LogP contribution in [0.25, 0.3) is 0 Å². The molecule has 2 atom stereocenters. The van der Waals surface area contributed by atoms with E-state index >= 15 is 0 Å². The normalized spacial score (nSPS) is 23.6. The van der Waals surface area contributed by atoms with Gasteiger partial charge in [-0.15, -0.1) is 0 Å². The first-order valence-corrected chi connectivity index (χ1v) is 8.58. The van der Waals surface area contributed by atoms with Crippen LogP contribution in [-0.2, 0) is 13.1 Å². The molecule has 1 fully saturated rings. The fourth-order valence-electron chi connectivity index (χ4n) is 4.34. The summed E-state index contributed by atoms with van der Waals surface area (Å²) >= 11 is 0. The molecule has 3 nitrogen and oxygen atoms in total. The van der Waals surface area contributed by atoms with Crippen molar-refractivity contribution in [2.45, 2.75) is 39.3 Å². The third kappa shape index (κ3) is 2.74. The van der Waals surface area contributed by atoms with Gasteiger partial charge in [0.1, 0.15) is 0 Å². The Kier molecular flexibility index (Phi) is 3.61. The number of benzene rings is 1. The molecule has 0 spiro atoms. The van der Waals surface area contributed by atoms with Gasteiger partial charge in [-0.2, -0.15) is 0 Å². The van der Waals surface area contributed by atoms with Gasteiger partial charge in [0.2, 0.25) is 0 Å². The highest BCUT2D eigenvalue weighted by Gasteiger charge is 2.34. The van der Waals surface area contributed by atoms with Crippen molar-refractivity contribution in [1.29, 1.82) is 0 Å². The second kappa shape index (κ2) is 5.64. The molecule has 2 aromatic rings. The SMILES string of the molecule is Cc1ccc(C)c(CN2CC3CC(C2)c2cccc(=O)n2C3)c1. The van der Waals surface area contributed by atoms with Gasteiger partial charge in [-0.1, -0.05) is 29.8 Å². The molecule has 0 amide bonds. The molecule has 1 aromatic carbocycles. The zero-order valence-electron chi connectivity index (χ0n) is 14.0. The maximum absolute atomic E-state index is 12.1. The van der Waals surface area contributed by atoms with E-state index in [1.54, 1.807) is 6.07 Å². The minimum absolute atomic E-state index is 0.167. The Balaban J connectivity index is 1.59. The molecule has 2 aliphatic heterocycles. The van der Waals surface area contributed by atoms with Gasteiger partial charge in [-0.3, -0.25) is 9.69 Å². The van der Waals surface area contributed by atoms with Gasteiger partial charge < -0.3 is 4.57 Å². The number of piperidine rings is 1. The van der Waals surface area contributed by atoms with E-state index in [4.69, 9.17) is 0 Å². The predicted molar refractivity (Wildman–Crippen MR) is 92.7 cm³/mol. The molecule has 0 aliphatic carbocycles. The fraction of sp³-hybridized carbons (Fsp3) is 0.450. The summed E-state index contributed by atoms with van der Waals surface area (Å²) < 4.78 is 2.01. The lowest BCUT2D eigenvalue weighted by molar-refractivity contribution is 0.114. The van der Waals surface area contributed by atoms with Crippen LogP contribution in [0.15, 0.2) is 41.2 Å². The number of pyridine rings is 1. The van der Waals surface area contributed by atoms with Crippen LogP contribution in [0.1, 0.15) is 34.7 Å². The first kappa shape index (κ1) is 14.7. The Morgan fingerprint density at radius 3 is 2.83 bits per heavy atom. The molecule has 3 heteroatoms. The van der Waals surface area contributed by atoms with E-state index < -0.39 is 0 Å². The van der Waals surface area contributed by atoms with Crippen molar-refractivity contribution in [1.82, 2.24) is 9.47 Å². The van der Waals surface area contributed by atoms with Gasteiger partial charge in [0.05, 0.1) is 0 Å². The molecule has 1 aromatic heterocycles. The van der Waals surface area contributed by atoms with Crippen LogP contribution in [0.4, 0.5) is 0 Å². The van der Waals surface area contributed by atoms with Crippen LogP contribution in [0.3, 0.4) is 0 Å². The lowest BCUT2D eigenvalue weighted by atomic mass is 9.83. The zero-order valence-corrected chi connectivity index (χ0v) is 14.0. The second-order valence-corrected chi connectivity index (χ2v) is 7.32. The van der Waals surface area contributed by atoms with Crippen LogP contribution in [0.2, 0.25) is 0 Å². The Bertz CT molecular complexity index is 792. The van der Waals surface area contributed by atoms with Crippen molar-refractivity contribution in [3.8, 4) is 0 Å². The fourth-order valence-corrected chi connectivity index (χ4v) is 4.34. The van der Waals surface area contributed by atoms with E-state index in [1.165, 1.54) is 28.8 Å². The summed E-state index contributed by atoms with van der Waals surface area (Å²) in [5.41, 5.74) is 5.55. The number of hydrogen-bond acceptors (Lipinski definition) is 2. The number of aryl methyl sites for hydroxylation is 2. The minimum atomic E-state index is 0.167. The molecule has 1 saturated heterocycles. The largest absolute Gasteiger partial charge is 0.312 e. The van der Waals surface area contributed by atoms with Crippen LogP contribution in [0, 0.1) is 19.8 Å². The average molecular weight is 308 g/mol. The van der Waals surface area contributed by atoms with Crippen molar-refractivity contribution >= 4 is 0 Å². The smallest absolute Gasteiger partial charge is 0.250 e.